The summed E-state index contributed by atoms with van der Waals surface area (Å²) in [5.41, 5.74) is 1.17. The molecule has 0 aliphatic rings. The van der Waals surface area contributed by atoms with E-state index in [2.05, 4.69) is 20.6 Å². The molecule has 9 nitrogen and oxygen atoms in total. The van der Waals surface area contributed by atoms with Crippen molar-refractivity contribution in [2.45, 2.75) is 26.9 Å². The summed E-state index contributed by atoms with van der Waals surface area (Å²) >= 11 is 0. The molecule has 9 heteroatoms. The van der Waals surface area contributed by atoms with Crippen LogP contribution in [0.4, 0.5) is 5.69 Å². The fourth-order valence-electron chi connectivity index (χ4n) is 1.74. The van der Waals surface area contributed by atoms with Gasteiger partial charge in [0.15, 0.2) is 0 Å². The fourth-order valence-corrected chi connectivity index (χ4v) is 1.74. The zero-order valence-electron chi connectivity index (χ0n) is 11.1. The quantitative estimate of drug-likeness (QED) is 0.618. The summed E-state index contributed by atoms with van der Waals surface area (Å²) in [6, 6.07) is 0. The lowest BCUT2D eigenvalue weighted by Gasteiger charge is -2.02. The Labute approximate surface area is 114 Å². The van der Waals surface area contributed by atoms with Crippen molar-refractivity contribution >= 4 is 11.6 Å². The number of hydrogen-bond donors (Lipinski definition) is 2. The number of hydrogen-bond acceptors (Lipinski definition) is 5. The van der Waals surface area contributed by atoms with Crippen LogP contribution in [0, 0.1) is 17.0 Å². The average molecular weight is 278 g/mol. The van der Waals surface area contributed by atoms with Crippen molar-refractivity contribution < 1.29 is 9.72 Å². The van der Waals surface area contributed by atoms with Gasteiger partial charge in [0, 0.05) is 24.8 Å². The number of aromatic amines is 1. The first kappa shape index (κ1) is 13.7. The van der Waals surface area contributed by atoms with E-state index in [0.29, 0.717) is 0 Å². The van der Waals surface area contributed by atoms with Crippen LogP contribution in [-0.4, -0.2) is 30.8 Å². The van der Waals surface area contributed by atoms with E-state index in [1.165, 1.54) is 0 Å². The van der Waals surface area contributed by atoms with E-state index in [1.54, 1.807) is 4.68 Å². The van der Waals surface area contributed by atoms with E-state index >= 15 is 0 Å². The average Bonchev–Trinajstić information content (AvgIpc) is 3.02. The highest BCUT2D eigenvalue weighted by atomic mass is 16.6. The largest absolute Gasteiger partial charge is 0.346 e. The normalized spacial score (nSPS) is 10.5. The molecule has 0 saturated carbocycles. The maximum atomic E-state index is 11.9. The lowest BCUT2D eigenvalue weighted by atomic mass is 10.2. The van der Waals surface area contributed by atoms with E-state index in [1.807, 2.05) is 20.0 Å². The maximum absolute atomic E-state index is 11.9. The second kappa shape index (κ2) is 5.51. The van der Waals surface area contributed by atoms with Crippen LogP contribution >= 0.6 is 0 Å². The van der Waals surface area contributed by atoms with Gasteiger partial charge in [0.05, 0.1) is 10.6 Å². The highest BCUT2D eigenvalue weighted by Gasteiger charge is 2.22. The number of aryl methyl sites for hydroxylation is 2. The molecule has 0 spiro atoms. The zero-order valence-corrected chi connectivity index (χ0v) is 11.1. The molecule has 106 valence electrons. The third-order valence-corrected chi connectivity index (χ3v) is 2.85. The number of nitrogens with zero attached hydrogens (tertiary/aromatic N) is 4. The number of rotatable bonds is 5. The topological polar surface area (TPSA) is 119 Å². The summed E-state index contributed by atoms with van der Waals surface area (Å²) in [7, 11) is 0. The number of aromatic nitrogens is 4. The van der Waals surface area contributed by atoms with E-state index in [9.17, 15) is 14.9 Å². The highest BCUT2D eigenvalue weighted by molar-refractivity contribution is 5.95. The van der Waals surface area contributed by atoms with E-state index in [0.717, 1.165) is 24.0 Å². The first-order chi connectivity index (χ1) is 9.52. The summed E-state index contributed by atoms with van der Waals surface area (Å²) in [4.78, 5) is 21.9. The maximum Gasteiger partial charge on any atom is 0.319 e. The number of carbonyl (C=O) groups excluding carboxylic acids is 1. The SMILES string of the molecule is CCn1cc(CNC(=O)c2[nH]ncc2[N+](=O)[O-])c(C)n1. The summed E-state index contributed by atoms with van der Waals surface area (Å²) in [6.45, 7) is 4.79. The Bertz CT molecular complexity index is 644. The number of amides is 1. The van der Waals surface area contributed by atoms with Crippen LogP contribution in [0.5, 0.6) is 0 Å². The van der Waals surface area contributed by atoms with Gasteiger partial charge < -0.3 is 5.32 Å². The predicted molar refractivity (Wildman–Crippen MR) is 69.1 cm³/mol. The first-order valence-electron chi connectivity index (χ1n) is 6.01. The zero-order chi connectivity index (χ0) is 14.7. The molecule has 0 atom stereocenters. The minimum absolute atomic E-state index is 0.157. The van der Waals surface area contributed by atoms with Crippen LogP contribution in [0.3, 0.4) is 0 Å². The third-order valence-electron chi connectivity index (χ3n) is 2.85. The van der Waals surface area contributed by atoms with Gasteiger partial charge in [-0.2, -0.15) is 10.2 Å². The van der Waals surface area contributed by atoms with Crippen LogP contribution in [0.1, 0.15) is 28.7 Å². The van der Waals surface area contributed by atoms with Crippen molar-refractivity contribution in [1.82, 2.24) is 25.3 Å². The lowest BCUT2D eigenvalue weighted by Crippen LogP contribution is -2.24. The second-order valence-corrected chi connectivity index (χ2v) is 4.17. The Kier molecular flexibility index (Phi) is 3.78. The molecule has 0 saturated heterocycles. The van der Waals surface area contributed by atoms with Gasteiger partial charge in [-0.05, 0) is 13.8 Å². The van der Waals surface area contributed by atoms with Crippen molar-refractivity contribution in [3.63, 3.8) is 0 Å². The van der Waals surface area contributed by atoms with Crippen LogP contribution in [0.25, 0.3) is 0 Å². The van der Waals surface area contributed by atoms with Crippen LogP contribution in [0.15, 0.2) is 12.4 Å². The summed E-state index contributed by atoms with van der Waals surface area (Å²) in [6.07, 6.45) is 2.84. The molecular weight excluding hydrogens is 264 g/mol. The highest BCUT2D eigenvalue weighted by Crippen LogP contribution is 2.14. The van der Waals surface area contributed by atoms with Crippen molar-refractivity contribution in [1.29, 1.82) is 0 Å². The number of H-pyrrole nitrogens is 1. The van der Waals surface area contributed by atoms with Crippen molar-refractivity contribution in [3.05, 3.63) is 39.5 Å². The van der Waals surface area contributed by atoms with E-state index in [4.69, 9.17) is 0 Å². The van der Waals surface area contributed by atoms with E-state index < -0.39 is 10.8 Å². The molecule has 0 radical (unpaired) electrons. The molecule has 0 unspecified atom stereocenters. The fraction of sp³-hybridized carbons (Fsp3) is 0.364. The second-order valence-electron chi connectivity index (χ2n) is 4.17. The van der Waals surface area contributed by atoms with E-state index in [-0.39, 0.29) is 17.9 Å². The Hall–Kier alpha value is -2.71. The Morgan fingerprint density at radius 2 is 2.35 bits per heavy atom. The lowest BCUT2D eigenvalue weighted by molar-refractivity contribution is -0.385. The van der Waals surface area contributed by atoms with Gasteiger partial charge in [-0.3, -0.25) is 24.7 Å². The van der Waals surface area contributed by atoms with Gasteiger partial charge in [-0.25, -0.2) is 0 Å². The minimum Gasteiger partial charge on any atom is -0.346 e. The number of nitrogens with one attached hydrogen (secondary N) is 2. The molecule has 1 amide bonds. The number of nitro groups is 1. The van der Waals surface area contributed by atoms with Gasteiger partial charge in [0.1, 0.15) is 6.20 Å². The molecule has 2 aromatic rings. The molecule has 0 aliphatic carbocycles. The Morgan fingerprint density at radius 3 is 2.95 bits per heavy atom. The van der Waals surface area contributed by atoms with Crippen LogP contribution in [-0.2, 0) is 13.1 Å². The molecule has 2 rings (SSSR count). The number of carbonyl (C=O) groups is 1. The van der Waals surface area contributed by atoms with Crippen molar-refractivity contribution in [2.24, 2.45) is 0 Å². The molecule has 0 aromatic carbocycles. The summed E-state index contributed by atoms with van der Waals surface area (Å²) in [5.74, 6) is -0.571. The molecule has 2 aromatic heterocycles. The van der Waals surface area contributed by atoms with Crippen molar-refractivity contribution in [3.8, 4) is 0 Å². The summed E-state index contributed by atoms with van der Waals surface area (Å²) < 4.78 is 1.76. The van der Waals surface area contributed by atoms with Gasteiger partial charge in [-0.15, -0.1) is 0 Å². The molecule has 0 fully saturated rings. The molecule has 20 heavy (non-hydrogen) atoms. The molecular formula is C11H14N6O3. The molecule has 2 heterocycles. The summed E-state index contributed by atoms with van der Waals surface area (Å²) in [5, 5.41) is 23.4. The molecule has 0 aliphatic heterocycles. The van der Waals surface area contributed by atoms with Crippen LogP contribution in [0.2, 0.25) is 0 Å². The van der Waals surface area contributed by atoms with Crippen molar-refractivity contribution in [2.75, 3.05) is 0 Å². The van der Waals surface area contributed by atoms with Gasteiger partial charge in [0.25, 0.3) is 5.91 Å². The predicted octanol–water partition coefficient (Wildman–Crippen LogP) is 0.773. The Morgan fingerprint density at radius 1 is 1.60 bits per heavy atom. The van der Waals surface area contributed by atoms with Gasteiger partial charge >= 0.3 is 5.69 Å². The molecule has 2 N–H and O–H groups in total. The van der Waals surface area contributed by atoms with Crippen LogP contribution < -0.4 is 5.32 Å². The smallest absolute Gasteiger partial charge is 0.319 e. The molecule has 0 bridgehead atoms. The standard InChI is InChI=1S/C11H14N6O3/c1-3-16-6-8(7(2)15-16)4-12-11(18)10-9(17(19)20)5-13-14-10/h5-6H,3-4H2,1-2H3,(H,12,18)(H,13,14). The Balaban J connectivity index is 2.06. The minimum atomic E-state index is -0.654. The first-order valence-corrected chi connectivity index (χ1v) is 6.01. The third kappa shape index (κ3) is 2.66. The van der Waals surface area contributed by atoms with Gasteiger partial charge in [-0.1, -0.05) is 0 Å². The monoisotopic (exact) mass is 278 g/mol. The van der Waals surface area contributed by atoms with Gasteiger partial charge in [0.2, 0.25) is 5.69 Å².